The largest absolute Gasteiger partial charge is 0.493 e. The number of ether oxygens (including phenoxy) is 1. The van der Waals surface area contributed by atoms with Crippen molar-refractivity contribution in [3.63, 3.8) is 0 Å². The van der Waals surface area contributed by atoms with E-state index in [0.717, 1.165) is 36.3 Å². The fourth-order valence-corrected chi connectivity index (χ4v) is 2.79. The molecule has 2 aromatic rings. The van der Waals surface area contributed by atoms with Crippen LogP contribution in [0.1, 0.15) is 22.3 Å². The summed E-state index contributed by atoms with van der Waals surface area (Å²) in [4.78, 5) is 12.0. The highest BCUT2D eigenvalue weighted by molar-refractivity contribution is 5.78. The second kappa shape index (κ2) is 6.65. The van der Waals surface area contributed by atoms with E-state index in [1.807, 2.05) is 37.3 Å². The molecular weight excluding hydrogens is 274 g/mol. The molecule has 1 N–H and O–H groups in total. The molecule has 0 aliphatic carbocycles. The molecule has 0 atom stereocenters. The van der Waals surface area contributed by atoms with Gasteiger partial charge < -0.3 is 10.1 Å². The van der Waals surface area contributed by atoms with E-state index in [2.05, 4.69) is 17.4 Å². The summed E-state index contributed by atoms with van der Waals surface area (Å²) in [6.07, 6.45) is 2.29. The third kappa shape index (κ3) is 3.48. The standard InChI is InChI=1S/C19H21NO2/c1-14-4-2-3-5-16(14)13-19(21)20-10-8-15-6-7-18-17(12-15)9-11-22-18/h2-7,12H,8-11,13H2,1H3,(H,20,21). The molecule has 3 heteroatoms. The first-order valence-corrected chi connectivity index (χ1v) is 7.78. The number of rotatable bonds is 5. The molecule has 114 valence electrons. The second-order valence-electron chi connectivity index (χ2n) is 5.74. The zero-order valence-electron chi connectivity index (χ0n) is 12.9. The minimum absolute atomic E-state index is 0.0822. The fraction of sp³-hybridized carbons (Fsp3) is 0.316. The molecule has 0 saturated carbocycles. The molecule has 2 aromatic carbocycles. The lowest BCUT2D eigenvalue weighted by atomic mass is 10.1. The number of amides is 1. The quantitative estimate of drug-likeness (QED) is 0.921. The summed E-state index contributed by atoms with van der Waals surface area (Å²) in [5, 5.41) is 3.00. The molecule has 0 fully saturated rings. The van der Waals surface area contributed by atoms with E-state index in [9.17, 15) is 4.79 Å². The number of hydrogen-bond acceptors (Lipinski definition) is 2. The zero-order valence-corrected chi connectivity index (χ0v) is 12.9. The van der Waals surface area contributed by atoms with Crippen LogP contribution in [0.15, 0.2) is 42.5 Å². The van der Waals surface area contributed by atoms with Gasteiger partial charge in [0.1, 0.15) is 5.75 Å². The number of aryl methyl sites for hydroxylation is 1. The Hall–Kier alpha value is -2.29. The third-order valence-corrected chi connectivity index (χ3v) is 4.10. The zero-order chi connectivity index (χ0) is 15.4. The maximum Gasteiger partial charge on any atom is 0.224 e. The number of carbonyl (C=O) groups is 1. The predicted octanol–water partition coefficient (Wildman–Crippen LogP) is 2.83. The Morgan fingerprint density at radius 3 is 2.95 bits per heavy atom. The maximum atomic E-state index is 12.0. The molecular formula is C19H21NO2. The van der Waals surface area contributed by atoms with Gasteiger partial charge in [-0.3, -0.25) is 4.79 Å². The van der Waals surface area contributed by atoms with Gasteiger partial charge in [-0.15, -0.1) is 0 Å². The van der Waals surface area contributed by atoms with E-state index in [1.54, 1.807) is 0 Å². The maximum absolute atomic E-state index is 12.0. The summed E-state index contributed by atoms with van der Waals surface area (Å²) < 4.78 is 5.50. The van der Waals surface area contributed by atoms with E-state index >= 15 is 0 Å². The van der Waals surface area contributed by atoms with Crippen LogP contribution in [0, 0.1) is 6.92 Å². The van der Waals surface area contributed by atoms with Gasteiger partial charge in [-0.05, 0) is 41.7 Å². The Bertz CT molecular complexity index is 679. The second-order valence-corrected chi connectivity index (χ2v) is 5.74. The van der Waals surface area contributed by atoms with Crippen LogP contribution < -0.4 is 10.1 Å². The van der Waals surface area contributed by atoms with Crippen LogP contribution in [0.3, 0.4) is 0 Å². The summed E-state index contributed by atoms with van der Waals surface area (Å²) in [6, 6.07) is 14.3. The Labute approximate surface area is 131 Å². The van der Waals surface area contributed by atoms with Gasteiger partial charge in [-0.25, -0.2) is 0 Å². The van der Waals surface area contributed by atoms with Crippen LogP contribution >= 0.6 is 0 Å². The van der Waals surface area contributed by atoms with Gasteiger partial charge >= 0.3 is 0 Å². The molecule has 0 bridgehead atoms. The van der Waals surface area contributed by atoms with E-state index in [1.165, 1.54) is 11.1 Å². The molecule has 1 amide bonds. The van der Waals surface area contributed by atoms with Gasteiger partial charge in [0, 0.05) is 13.0 Å². The van der Waals surface area contributed by atoms with Crippen LogP contribution in [0.4, 0.5) is 0 Å². The number of nitrogens with one attached hydrogen (secondary N) is 1. The summed E-state index contributed by atoms with van der Waals surface area (Å²) in [7, 11) is 0. The van der Waals surface area contributed by atoms with E-state index in [4.69, 9.17) is 4.74 Å². The van der Waals surface area contributed by atoms with Crippen LogP contribution in [0.5, 0.6) is 5.75 Å². The molecule has 22 heavy (non-hydrogen) atoms. The Kier molecular flexibility index (Phi) is 4.42. The Balaban J connectivity index is 1.49. The average molecular weight is 295 g/mol. The third-order valence-electron chi connectivity index (χ3n) is 4.10. The van der Waals surface area contributed by atoms with Gasteiger partial charge in [0.05, 0.1) is 13.0 Å². The lowest BCUT2D eigenvalue weighted by Crippen LogP contribution is -2.27. The monoisotopic (exact) mass is 295 g/mol. The fourth-order valence-electron chi connectivity index (χ4n) is 2.79. The van der Waals surface area contributed by atoms with Gasteiger partial charge in [0.2, 0.25) is 5.91 Å². The van der Waals surface area contributed by atoms with Crippen molar-refractivity contribution in [3.8, 4) is 5.75 Å². The van der Waals surface area contributed by atoms with E-state index < -0.39 is 0 Å². The van der Waals surface area contributed by atoms with Crippen LogP contribution in [0.2, 0.25) is 0 Å². The smallest absolute Gasteiger partial charge is 0.224 e. The van der Waals surface area contributed by atoms with E-state index in [-0.39, 0.29) is 5.91 Å². The molecule has 0 spiro atoms. The highest BCUT2D eigenvalue weighted by atomic mass is 16.5. The Morgan fingerprint density at radius 1 is 1.23 bits per heavy atom. The molecule has 0 aromatic heterocycles. The number of carbonyl (C=O) groups excluding carboxylic acids is 1. The van der Waals surface area contributed by atoms with Crippen molar-refractivity contribution in [1.29, 1.82) is 0 Å². The number of hydrogen-bond donors (Lipinski definition) is 1. The topological polar surface area (TPSA) is 38.3 Å². The summed E-state index contributed by atoms with van der Waals surface area (Å²) in [5.41, 5.74) is 4.79. The molecule has 1 aliphatic rings. The summed E-state index contributed by atoms with van der Waals surface area (Å²) >= 11 is 0. The van der Waals surface area contributed by atoms with Crippen molar-refractivity contribution in [2.75, 3.05) is 13.2 Å². The molecule has 0 unspecified atom stereocenters. The molecule has 1 aliphatic heterocycles. The SMILES string of the molecule is Cc1ccccc1CC(=O)NCCc1ccc2c(c1)CCO2. The predicted molar refractivity (Wildman–Crippen MR) is 87.2 cm³/mol. The van der Waals surface area contributed by atoms with Crippen LogP contribution in [0.25, 0.3) is 0 Å². The van der Waals surface area contributed by atoms with Crippen molar-refractivity contribution in [3.05, 3.63) is 64.7 Å². The lowest BCUT2D eigenvalue weighted by molar-refractivity contribution is -0.120. The average Bonchev–Trinajstić information content (AvgIpc) is 2.97. The van der Waals surface area contributed by atoms with Crippen molar-refractivity contribution >= 4 is 5.91 Å². The highest BCUT2D eigenvalue weighted by Gasteiger charge is 2.12. The molecule has 3 nitrogen and oxygen atoms in total. The normalized spacial score (nSPS) is 12.6. The summed E-state index contributed by atoms with van der Waals surface area (Å²) in [6.45, 7) is 3.49. The molecule has 0 radical (unpaired) electrons. The molecule has 3 rings (SSSR count). The first-order valence-electron chi connectivity index (χ1n) is 7.78. The van der Waals surface area contributed by atoms with Gasteiger partial charge in [-0.1, -0.05) is 36.4 Å². The van der Waals surface area contributed by atoms with Crippen LogP contribution in [-0.2, 0) is 24.1 Å². The van der Waals surface area contributed by atoms with Crippen molar-refractivity contribution in [2.24, 2.45) is 0 Å². The Morgan fingerprint density at radius 2 is 2.09 bits per heavy atom. The van der Waals surface area contributed by atoms with Crippen molar-refractivity contribution < 1.29 is 9.53 Å². The highest BCUT2D eigenvalue weighted by Crippen LogP contribution is 2.25. The van der Waals surface area contributed by atoms with Gasteiger partial charge in [0.25, 0.3) is 0 Å². The first-order chi connectivity index (χ1) is 10.7. The lowest BCUT2D eigenvalue weighted by Gasteiger charge is -2.08. The minimum atomic E-state index is 0.0822. The minimum Gasteiger partial charge on any atom is -0.493 e. The first kappa shape index (κ1) is 14.6. The summed E-state index contributed by atoms with van der Waals surface area (Å²) in [5.74, 6) is 1.09. The molecule has 1 heterocycles. The number of benzene rings is 2. The van der Waals surface area contributed by atoms with Crippen molar-refractivity contribution in [2.45, 2.75) is 26.2 Å². The van der Waals surface area contributed by atoms with Gasteiger partial charge in [0.15, 0.2) is 0 Å². The van der Waals surface area contributed by atoms with Crippen molar-refractivity contribution in [1.82, 2.24) is 5.32 Å². The number of fused-ring (bicyclic) bond motifs is 1. The van der Waals surface area contributed by atoms with E-state index in [0.29, 0.717) is 13.0 Å². The molecule has 0 saturated heterocycles. The van der Waals surface area contributed by atoms with Crippen LogP contribution in [-0.4, -0.2) is 19.1 Å². The van der Waals surface area contributed by atoms with Gasteiger partial charge in [-0.2, -0.15) is 0 Å².